The molecule has 0 radical (unpaired) electrons. The Morgan fingerprint density at radius 1 is 1.28 bits per heavy atom. The predicted octanol–water partition coefficient (Wildman–Crippen LogP) is 3.03. The first-order valence-corrected chi connectivity index (χ1v) is 11.8. The van der Waals surface area contributed by atoms with Gasteiger partial charge in [0, 0.05) is 35.2 Å². The lowest BCUT2D eigenvalue weighted by molar-refractivity contribution is -0.147. The molecule has 1 aromatic carbocycles. The number of halogens is 1. The van der Waals surface area contributed by atoms with Crippen molar-refractivity contribution in [2.24, 2.45) is 11.7 Å². The van der Waals surface area contributed by atoms with E-state index in [1.165, 1.54) is 0 Å². The molecule has 1 aromatic rings. The number of amides is 2. The third-order valence-electron chi connectivity index (χ3n) is 5.88. The topological polar surface area (TPSA) is 83.7 Å². The van der Waals surface area contributed by atoms with Gasteiger partial charge in [0.2, 0.25) is 11.8 Å². The van der Waals surface area contributed by atoms with Gasteiger partial charge in [-0.3, -0.25) is 9.59 Å². The van der Waals surface area contributed by atoms with Crippen LogP contribution in [0.4, 0.5) is 0 Å². The summed E-state index contributed by atoms with van der Waals surface area (Å²) < 4.78 is 14.4. The summed E-state index contributed by atoms with van der Waals surface area (Å²) >= 11 is 6.05. The number of likely N-dealkylation sites (tertiary alicyclic amines) is 1. The second-order valence-electron chi connectivity index (χ2n) is 8.11. The van der Waals surface area contributed by atoms with Gasteiger partial charge in [0.05, 0.1) is 17.0 Å². The number of rotatable bonds is 9. The molecule has 4 atom stereocenters. The van der Waals surface area contributed by atoms with Crippen LogP contribution in [0.15, 0.2) is 24.3 Å². The Balaban J connectivity index is 1.86. The van der Waals surface area contributed by atoms with Crippen molar-refractivity contribution in [3.05, 3.63) is 34.9 Å². The SMILES string of the molecule is CCC(CN(C)S(=O)C1CC1)N1C(=O)C(CC(N)=O)CCC1c1ccc(Cl)cc1. The van der Waals surface area contributed by atoms with E-state index in [9.17, 15) is 13.8 Å². The fourth-order valence-corrected chi connectivity index (χ4v) is 5.67. The Bertz CT molecular complexity index is 769. The van der Waals surface area contributed by atoms with E-state index in [4.69, 9.17) is 17.3 Å². The van der Waals surface area contributed by atoms with E-state index >= 15 is 0 Å². The fraction of sp³-hybridized carbons (Fsp3) is 0.619. The molecule has 1 aliphatic heterocycles. The average Bonchev–Trinajstić information content (AvgIpc) is 3.53. The number of benzene rings is 1. The molecule has 160 valence electrons. The smallest absolute Gasteiger partial charge is 0.227 e. The van der Waals surface area contributed by atoms with Crippen LogP contribution in [0.25, 0.3) is 0 Å². The molecule has 0 aromatic heterocycles. The Labute approximate surface area is 180 Å². The number of carbonyl (C=O) groups is 2. The molecule has 8 heteroatoms. The van der Waals surface area contributed by atoms with Crippen LogP contribution in [0.3, 0.4) is 0 Å². The highest BCUT2D eigenvalue weighted by molar-refractivity contribution is 7.83. The molecular formula is C21H30ClN3O3S. The van der Waals surface area contributed by atoms with E-state index in [1.807, 2.05) is 47.4 Å². The van der Waals surface area contributed by atoms with Crippen molar-refractivity contribution in [3.8, 4) is 0 Å². The number of piperidine rings is 1. The third-order valence-corrected chi connectivity index (χ3v) is 7.94. The summed E-state index contributed by atoms with van der Waals surface area (Å²) in [6.07, 6.45) is 4.21. The van der Waals surface area contributed by atoms with Gasteiger partial charge in [-0.05, 0) is 56.8 Å². The number of hydrogen-bond donors (Lipinski definition) is 1. The summed E-state index contributed by atoms with van der Waals surface area (Å²) in [5, 5.41) is 0.907. The Morgan fingerprint density at radius 3 is 2.48 bits per heavy atom. The van der Waals surface area contributed by atoms with Gasteiger partial charge >= 0.3 is 0 Å². The minimum Gasteiger partial charge on any atom is -0.370 e. The summed E-state index contributed by atoms with van der Waals surface area (Å²) in [7, 11) is 0.849. The van der Waals surface area contributed by atoms with Crippen LogP contribution in [-0.4, -0.2) is 50.1 Å². The normalized spacial score (nSPS) is 24.6. The molecule has 3 rings (SSSR count). The summed E-state index contributed by atoms with van der Waals surface area (Å²) in [6, 6.07) is 7.42. The summed E-state index contributed by atoms with van der Waals surface area (Å²) in [4.78, 5) is 26.8. The zero-order chi connectivity index (χ0) is 21.1. The third kappa shape index (κ3) is 5.38. The van der Waals surface area contributed by atoms with Gasteiger partial charge < -0.3 is 10.6 Å². The lowest BCUT2D eigenvalue weighted by Gasteiger charge is -2.45. The molecular weight excluding hydrogens is 410 g/mol. The van der Waals surface area contributed by atoms with E-state index in [-0.39, 0.29) is 35.6 Å². The van der Waals surface area contributed by atoms with E-state index < -0.39 is 16.9 Å². The second-order valence-corrected chi connectivity index (χ2v) is 10.4. The molecule has 6 nitrogen and oxygen atoms in total. The molecule has 1 heterocycles. The summed E-state index contributed by atoms with van der Waals surface area (Å²) in [5.41, 5.74) is 6.42. The van der Waals surface area contributed by atoms with Crippen molar-refractivity contribution in [1.29, 1.82) is 0 Å². The Morgan fingerprint density at radius 2 is 1.93 bits per heavy atom. The molecule has 29 heavy (non-hydrogen) atoms. The number of primary amides is 1. The molecule has 2 amide bonds. The quantitative estimate of drug-likeness (QED) is 0.641. The standard InChI is InChI=1S/C21H30ClN3O3S/c1-3-17(13-24(2)29(28)18-9-10-18)25-19(14-4-7-16(22)8-5-14)11-6-15(21(25)27)12-20(23)26/h4-5,7-8,15,17-19H,3,6,9-13H2,1-2H3,(H2,23,26). The van der Waals surface area contributed by atoms with Crippen molar-refractivity contribution in [3.63, 3.8) is 0 Å². The highest BCUT2D eigenvalue weighted by atomic mass is 35.5. The molecule has 0 bridgehead atoms. The van der Waals surface area contributed by atoms with Gasteiger partial charge in [-0.1, -0.05) is 30.7 Å². The maximum atomic E-state index is 13.4. The monoisotopic (exact) mass is 439 g/mol. The Hall–Kier alpha value is -1.44. The lowest BCUT2D eigenvalue weighted by atomic mass is 9.85. The van der Waals surface area contributed by atoms with Gasteiger partial charge in [0.1, 0.15) is 0 Å². The molecule has 0 spiro atoms. The highest BCUT2D eigenvalue weighted by Gasteiger charge is 2.41. The van der Waals surface area contributed by atoms with Gasteiger partial charge in [-0.25, -0.2) is 8.51 Å². The maximum Gasteiger partial charge on any atom is 0.227 e. The zero-order valence-corrected chi connectivity index (χ0v) is 18.6. The first-order chi connectivity index (χ1) is 13.8. The molecule has 2 fully saturated rings. The number of hydrogen-bond acceptors (Lipinski definition) is 3. The van der Waals surface area contributed by atoms with Crippen LogP contribution < -0.4 is 5.73 Å². The van der Waals surface area contributed by atoms with E-state index in [0.717, 1.165) is 31.2 Å². The first kappa shape index (κ1) is 22.2. The summed E-state index contributed by atoms with van der Waals surface area (Å²) in [6.45, 7) is 2.58. The molecule has 1 saturated carbocycles. The van der Waals surface area contributed by atoms with Crippen molar-refractivity contribution in [1.82, 2.24) is 9.21 Å². The number of nitrogens with zero attached hydrogens (tertiary/aromatic N) is 2. The Kier molecular flexibility index (Phi) is 7.35. The first-order valence-electron chi connectivity index (χ1n) is 10.3. The number of likely N-dealkylation sites (N-methyl/N-ethyl adjacent to an activating group) is 1. The van der Waals surface area contributed by atoms with Gasteiger partial charge in [0.15, 0.2) is 0 Å². The van der Waals surface area contributed by atoms with Gasteiger partial charge in [-0.2, -0.15) is 0 Å². The number of carbonyl (C=O) groups excluding carboxylic acids is 2. The zero-order valence-electron chi connectivity index (χ0n) is 17.1. The van der Waals surface area contributed by atoms with Crippen LogP contribution in [0.1, 0.15) is 57.1 Å². The minimum atomic E-state index is -1.02. The predicted molar refractivity (Wildman–Crippen MR) is 115 cm³/mol. The largest absolute Gasteiger partial charge is 0.370 e. The van der Waals surface area contributed by atoms with Crippen LogP contribution >= 0.6 is 11.6 Å². The molecule has 1 aliphatic carbocycles. The van der Waals surface area contributed by atoms with Crippen LogP contribution in [0.5, 0.6) is 0 Å². The van der Waals surface area contributed by atoms with Gasteiger partial charge in [-0.15, -0.1) is 0 Å². The van der Waals surface area contributed by atoms with Crippen molar-refractivity contribution in [2.75, 3.05) is 13.6 Å². The van der Waals surface area contributed by atoms with Gasteiger partial charge in [0.25, 0.3) is 0 Å². The van der Waals surface area contributed by atoms with E-state index in [2.05, 4.69) is 0 Å². The summed E-state index contributed by atoms with van der Waals surface area (Å²) in [5.74, 6) is -0.870. The van der Waals surface area contributed by atoms with E-state index in [0.29, 0.717) is 18.0 Å². The van der Waals surface area contributed by atoms with Crippen molar-refractivity contribution in [2.45, 2.75) is 62.8 Å². The van der Waals surface area contributed by atoms with E-state index in [1.54, 1.807) is 0 Å². The average molecular weight is 440 g/mol. The van der Waals surface area contributed by atoms with Crippen molar-refractivity contribution >= 4 is 34.4 Å². The fourth-order valence-electron chi connectivity index (χ4n) is 4.17. The highest BCUT2D eigenvalue weighted by Crippen LogP contribution is 2.38. The molecule has 2 aliphatic rings. The number of nitrogens with two attached hydrogens (primary N) is 1. The van der Waals surface area contributed by atoms with Crippen LogP contribution in [0.2, 0.25) is 5.02 Å². The molecule has 4 unspecified atom stereocenters. The second kappa shape index (κ2) is 9.58. The lowest BCUT2D eigenvalue weighted by Crippen LogP contribution is -2.53. The van der Waals surface area contributed by atoms with Crippen LogP contribution in [-0.2, 0) is 20.6 Å². The minimum absolute atomic E-state index is 0.0348. The maximum absolute atomic E-state index is 13.4. The molecule has 2 N–H and O–H groups in total. The van der Waals surface area contributed by atoms with Crippen molar-refractivity contribution < 1.29 is 13.8 Å². The molecule has 1 saturated heterocycles. The van der Waals surface area contributed by atoms with Crippen LogP contribution in [0, 0.1) is 5.92 Å².